The lowest BCUT2D eigenvalue weighted by atomic mass is 9.67. The number of allylic oxidation sites excluding steroid dienone is 2. The van der Waals surface area contributed by atoms with Crippen LogP contribution in [0, 0.1) is 0 Å². The van der Waals surface area contributed by atoms with Crippen LogP contribution in [0.15, 0.2) is 64.3 Å². The van der Waals surface area contributed by atoms with E-state index >= 15 is 0 Å². The summed E-state index contributed by atoms with van der Waals surface area (Å²) in [5.74, 6) is 0. The SMILES string of the molecule is CN1C2=C(C=O)CCCC2(Cc2ccccc2)c2cc(Br)ccc21. The lowest BCUT2D eigenvalue weighted by molar-refractivity contribution is -0.105. The fraction of sp³-hybridized carbons (Fsp3) is 0.286. The van der Waals surface area contributed by atoms with E-state index in [1.807, 2.05) is 0 Å². The lowest BCUT2D eigenvalue weighted by Gasteiger charge is -2.37. The summed E-state index contributed by atoms with van der Waals surface area (Å²) in [6, 6.07) is 17.1. The Labute approximate surface area is 151 Å². The van der Waals surface area contributed by atoms with Crippen LogP contribution in [-0.4, -0.2) is 13.3 Å². The molecule has 24 heavy (non-hydrogen) atoms. The fourth-order valence-electron chi connectivity index (χ4n) is 4.55. The number of hydrogen-bond donors (Lipinski definition) is 0. The van der Waals surface area contributed by atoms with Gasteiger partial charge >= 0.3 is 0 Å². The Hall–Kier alpha value is -1.87. The first-order valence-electron chi connectivity index (χ1n) is 8.42. The first kappa shape index (κ1) is 15.6. The summed E-state index contributed by atoms with van der Waals surface area (Å²) < 4.78 is 1.10. The van der Waals surface area contributed by atoms with Crippen LogP contribution in [0.5, 0.6) is 0 Å². The van der Waals surface area contributed by atoms with Crippen molar-refractivity contribution in [2.75, 3.05) is 11.9 Å². The third kappa shape index (κ3) is 2.26. The molecular weight excluding hydrogens is 362 g/mol. The molecule has 0 amide bonds. The smallest absolute Gasteiger partial charge is 0.147 e. The van der Waals surface area contributed by atoms with Crippen molar-refractivity contribution in [1.82, 2.24) is 0 Å². The normalized spacial score (nSPS) is 22.3. The number of anilines is 1. The highest BCUT2D eigenvalue weighted by Crippen LogP contribution is 2.55. The van der Waals surface area contributed by atoms with Crippen molar-refractivity contribution in [3.63, 3.8) is 0 Å². The molecule has 0 fully saturated rings. The van der Waals surface area contributed by atoms with Gasteiger partial charge in [-0.2, -0.15) is 0 Å². The number of carbonyl (C=O) groups is 1. The molecule has 3 heteroatoms. The zero-order chi connectivity index (χ0) is 16.7. The number of fused-ring (bicyclic) bond motifs is 3. The van der Waals surface area contributed by atoms with E-state index in [0.717, 1.165) is 42.0 Å². The molecular formula is C21H20BrNO. The van der Waals surface area contributed by atoms with E-state index < -0.39 is 0 Å². The second-order valence-corrected chi connectivity index (χ2v) is 7.73. The molecule has 0 aromatic heterocycles. The van der Waals surface area contributed by atoms with Gasteiger partial charge in [0.15, 0.2) is 0 Å². The molecule has 1 aliphatic carbocycles. The number of nitrogens with zero attached hydrogens (tertiary/aromatic N) is 1. The maximum Gasteiger partial charge on any atom is 0.147 e. The molecule has 2 aromatic rings. The predicted octanol–water partition coefficient (Wildman–Crippen LogP) is 5.02. The average Bonchev–Trinajstić information content (AvgIpc) is 2.84. The number of hydrogen-bond acceptors (Lipinski definition) is 2. The average molecular weight is 382 g/mol. The Kier molecular flexibility index (Phi) is 3.84. The maximum atomic E-state index is 11.8. The summed E-state index contributed by atoms with van der Waals surface area (Å²) in [6.07, 6.45) is 5.04. The van der Waals surface area contributed by atoms with Crippen molar-refractivity contribution < 1.29 is 4.79 Å². The number of benzene rings is 2. The van der Waals surface area contributed by atoms with Crippen LogP contribution in [-0.2, 0) is 16.6 Å². The largest absolute Gasteiger partial charge is 0.347 e. The number of carbonyl (C=O) groups excluding carboxylic acids is 1. The van der Waals surface area contributed by atoms with Gasteiger partial charge in [-0.05, 0) is 55.0 Å². The molecule has 1 heterocycles. The van der Waals surface area contributed by atoms with Gasteiger partial charge in [-0.15, -0.1) is 0 Å². The third-order valence-electron chi connectivity index (χ3n) is 5.47. The van der Waals surface area contributed by atoms with Crippen molar-refractivity contribution in [3.8, 4) is 0 Å². The molecule has 0 saturated carbocycles. The van der Waals surface area contributed by atoms with Gasteiger partial charge in [0.25, 0.3) is 0 Å². The highest BCUT2D eigenvalue weighted by atomic mass is 79.9. The molecule has 0 N–H and O–H groups in total. The van der Waals surface area contributed by atoms with Gasteiger partial charge in [0.1, 0.15) is 6.29 Å². The van der Waals surface area contributed by atoms with E-state index in [1.54, 1.807) is 0 Å². The molecule has 2 aromatic carbocycles. The fourth-order valence-corrected chi connectivity index (χ4v) is 4.92. The van der Waals surface area contributed by atoms with Crippen LogP contribution in [0.4, 0.5) is 5.69 Å². The Bertz CT molecular complexity index is 827. The summed E-state index contributed by atoms with van der Waals surface area (Å²) in [5, 5.41) is 0. The highest BCUT2D eigenvalue weighted by molar-refractivity contribution is 9.10. The summed E-state index contributed by atoms with van der Waals surface area (Å²) in [6.45, 7) is 0. The van der Waals surface area contributed by atoms with E-state index in [0.29, 0.717) is 0 Å². The standard InChI is InChI=1S/C21H20BrNO/c1-23-19-10-9-17(22)12-18(19)21(13-15-6-3-2-4-7-15)11-5-8-16(14-24)20(21)23/h2-4,6-7,9-10,12,14H,5,8,11,13H2,1H3. The second-order valence-electron chi connectivity index (χ2n) is 6.81. The van der Waals surface area contributed by atoms with Crippen molar-refractivity contribution >= 4 is 27.9 Å². The van der Waals surface area contributed by atoms with Gasteiger partial charge in [0, 0.05) is 33.9 Å². The highest BCUT2D eigenvalue weighted by Gasteiger charge is 2.48. The lowest BCUT2D eigenvalue weighted by Crippen LogP contribution is -2.36. The van der Waals surface area contributed by atoms with Gasteiger partial charge in [0.05, 0.1) is 0 Å². The maximum absolute atomic E-state index is 11.8. The molecule has 0 bridgehead atoms. The molecule has 2 aliphatic rings. The van der Waals surface area contributed by atoms with Crippen molar-refractivity contribution in [3.05, 3.63) is 75.4 Å². The summed E-state index contributed by atoms with van der Waals surface area (Å²) >= 11 is 3.64. The van der Waals surface area contributed by atoms with E-state index in [9.17, 15) is 4.79 Å². The van der Waals surface area contributed by atoms with Gasteiger partial charge in [-0.25, -0.2) is 0 Å². The molecule has 0 saturated heterocycles. The van der Waals surface area contributed by atoms with Crippen LogP contribution in [0.2, 0.25) is 0 Å². The predicted molar refractivity (Wildman–Crippen MR) is 101 cm³/mol. The topological polar surface area (TPSA) is 20.3 Å². The van der Waals surface area contributed by atoms with Crippen LogP contribution in [0.3, 0.4) is 0 Å². The molecule has 2 nitrogen and oxygen atoms in total. The Morgan fingerprint density at radius 2 is 2.00 bits per heavy atom. The number of aldehydes is 1. The van der Waals surface area contributed by atoms with E-state index in [2.05, 4.69) is 76.4 Å². The van der Waals surface area contributed by atoms with Crippen molar-refractivity contribution in [1.29, 1.82) is 0 Å². The molecule has 1 atom stereocenters. The van der Waals surface area contributed by atoms with Crippen molar-refractivity contribution in [2.24, 2.45) is 0 Å². The minimum atomic E-state index is -0.0935. The van der Waals surface area contributed by atoms with Gasteiger partial charge in [-0.3, -0.25) is 4.79 Å². The summed E-state index contributed by atoms with van der Waals surface area (Å²) in [7, 11) is 2.10. The monoisotopic (exact) mass is 381 g/mol. The zero-order valence-electron chi connectivity index (χ0n) is 13.8. The third-order valence-corrected chi connectivity index (χ3v) is 5.96. The molecule has 1 aliphatic heterocycles. The van der Waals surface area contributed by atoms with Gasteiger partial charge < -0.3 is 4.90 Å². The van der Waals surface area contributed by atoms with E-state index in [-0.39, 0.29) is 5.41 Å². The second kappa shape index (κ2) is 5.89. The van der Waals surface area contributed by atoms with E-state index in [4.69, 9.17) is 0 Å². The van der Waals surface area contributed by atoms with Crippen LogP contribution in [0.1, 0.15) is 30.4 Å². The van der Waals surface area contributed by atoms with Crippen LogP contribution < -0.4 is 4.90 Å². The number of halogens is 1. The Balaban J connectivity index is 1.96. The molecule has 122 valence electrons. The van der Waals surface area contributed by atoms with Gasteiger partial charge in [-0.1, -0.05) is 46.3 Å². The number of likely N-dealkylation sites (N-methyl/N-ethyl adjacent to an activating group) is 1. The molecule has 0 radical (unpaired) electrons. The van der Waals surface area contributed by atoms with Crippen LogP contribution in [0.25, 0.3) is 0 Å². The first-order valence-corrected chi connectivity index (χ1v) is 9.21. The molecule has 1 unspecified atom stereocenters. The van der Waals surface area contributed by atoms with Crippen molar-refractivity contribution in [2.45, 2.75) is 31.1 Å². The van der Waals surface area contributed by atoms with Crippen LogP contribution >= 0.6 is 15.9 Å². The minimum Gasteiger partial charge on any atom is -0.347 e. The van der Waals surface area contributed by atoms with Gasteiger partial charge in [0.2, 0.25) is 0 Å². The zero-order valence-corrected chi connectivity index (χ0v) is 15.3. The quantitative estimate of drug-likeness (QED) is 0.695. The first-order chi connectivity index (χ1) is 11.7. The summed E-state index contributed by atoms with van der Waals surface area (Å²) in [4.78, 5) is 14.0. The molecule has 4 rings (SSSR count). The number of rotatable bonds is 3. The Morgan fingerprint density at radius 1 is 1.21 bits per heavy atom. The minimum absolute atomic E-state index is 0.0935. The van der Waals surface area contributed by atoms with E-state index in [1.165, 1.54) is 22.5 Å². The Morgan fingerprint density at radius 3 is 2.75 bits per heavy atom. The summed E-state index contributed by atoms with van der Waals surface area (Å²) in [5.41, 5.74) is 5.97. The molecule has 0 spiro atoms.